The molecule has 4 rings (SSSR count). The summed E-state index contributed by atoms with van der Waals surface area (Å²) in [5, 5.41) is 20.7. The van der Waals surface area contributed by atoms with Crippen LogP contribution < -0.4 is 15.0 Å². The number of rotatable bonds is 9. The van der Waals surface area contributed by atoms with Gasteiger partial charge in [-0.3, -0.25) is 19.4 Å². The highest BCUT2D eigenvalue weighted by Crippen LogP contribution is 2.35. The lowest BCUT2D eigenvalue weighted by Gasteiger charge is -2.33. The zero-order valence-electron chi connectivity index (χ0n) is 21.9. The van der Waals surface area contributed by atoms with Gasteiger partial charge in [0.1, 0.15) is 18.2 Å². The van der Waals surface area contributed by atoms with Crippen molar-refractivity contribution < 1.29 is 32.6 Å². The number of hydrogen-bond acceptors (Lipinski definition) is 8. The minimum atomic E-state index is -4.62. The maximum absolute atomic E-state index is 13.3. The third-order valence-electron chi connectivity index (χ3n) is 7.15. The van der Waals surface area contributed by atoms with Crippen LogP contribution in [0.15, 0.2) is 36.5 Å². The summed E-state index contributed by atoms with van der Waals surface area (Å²) >= 11 is 0. The normalized spacial score (nSPS) is 17.3. The highest BCUT2D eigenvalue weighted by Gasteiger charge is 2.35. The molecule has 2 fully saturated rings. The van der Waals surface area contributed by atoms with Gasteiger partial charge < -0.3 is 20.1 Å². The van der Waals surface area contributed by atoms with Crippen molar-refractivity contribution in [2.24, 2.45) is 5.92 Å². The van der Waals surface area contributed by atoms with Crippen LogP contribution in [0.25, 0.3) is 0 Å². The van der Waals surface area contributed by atoms with Crippen LogP contribution in [-0.2, 0) is 15.8 Å². The summed E-state index contributed by atoms with van der Waals surface area (Å²) in [6.07, 6.45) is -2.14. The number of carbonyl (C=O) groups excluding carboxylic acids is 1. The van der Waals surface area contributed by atoms with E-state index in [4.69, 9.17) is 15.1 Å². The predicted octanol–water partition coefficient (Wildman–Crippen LogP) is 2.91. The summed E-state index contributed by atoms with van der Waals surface area (Å²) in [5.74, 6) is -0.364. The van der Waals surface area contributed by atoms with Crippen molar-refractivity contribution in [2.75, 3.05) is 69.2 Å². The molecule has 2 aliphatic rings. The van der Waals surface area contributed by atoms with Gasteiger partial charge in [-0.05, 0) is 43.2 Å². The monoisotopic (exact) mass is 560 g/mol. The number of carboxylic acids is 1. The van der Waals surface area contributed by atoms with E-state index in [1.165, 1.54) is 18.3 Å². The number of halogens is 3. The molecule has 13 heteroatoms. The average Bonchev–Trinajstić information content (AvgIpc) is 2.94. The summed E-state index contributed by atoms with van der Waals surface area (Å²) in [6.45, 7) is 5.01. The van der Waals surface area contributed by atoms with Gasteiger partial charge in [0, 0.05) is 57.4 Å². The molecule has 1 aromatic carbocycles. The van der Waals surface area contributed by atoms with Crippen molar-refractivity contribution in [1.29, 1.82) is 5.26 Å². The number of alkyl halides is 3. The number of pyridine rings is 1. The Morgan fingerprint density at radius 1 is 1.07 bits per heavy atom. The van der Waals surface area contributed by atoms with E-state index in [0.717, 1.165) is 19.2 Å². The second-order valence-electron chi connectivity index (χ2n) is 9.83. The van der Waals surface area contributed by atoms with Crippen LogP contribution in [0.2, 0.25) is 0 Å². The van der Waals surface area contributed by atoms with Crippen LogP contribution in [0.5, 0.6) is 5.75 Å². The fraction of sp³-hybridized carbons (Fsp3) is 0.481. The molecule has 0 radical (unpaired) electrons. The number of amides is 1. The van der Waals surface area contributed by atoms with E-state index in [1.807, 2.05) is 4.90 Å². The molecule has 1 amide bonds. The van der Waals surface area contributed by atoms with E-state index in [0.29, 0.717) is 69.4 Å². The lowest BCUT2D eigenvalue weighted by Crippen LogP contribution is -2.48. The number of anilines is 2. The SMILES string of the molecule is N#Cc1ccc(N2CCC(C(=O)Nc3ccc(OCCN4CCN(CC(=O)O)CC4)cn3)CC2)cc1C(F)(F)F. The molecule has 0 atom stereocenters. The van der Waals surface area contributed by atoms with E-state index in [1.54, 1.807) is 23.1 Å². The predicted molar refractivity (Wildman–Crippen MR) is 140 cm³/mol. The first kappa shape index (κ1) is 29.1. The van der Waals surface area contributed by atoms with Crippen molar-refractivity contribution in [2.45, 2.75) is 19.0 Å². The number of benzene rings is 1. The Bertz CT molecular complexity index is 1220. The van der Waals surface area contributed by atoms with E-state index in [-0.39, 0.29) is 18.4 Å². The second-order valence-corrected chi connectivity index (χ2v) is 9.83. The van der Waals surface area contributed by atoms with Gasteiger partial charge in [-0.25, -0.2) is 4.98 Å². The van der Waals surface area contributed by atoms with E-state index < -0.39 is 23.3 Å². The summed E-state index contributed by atoms with van der Waals surface area (Å²) in [5.41, 5.74) is -0.993. The summed E-state index contributed by atoms with van der Waals surface area (Å²) in [4.78, 5) is 33.7. The summed E-state index contributed by atoms with van der Waals surface area (Å²) in [6, 6.07) is 8.64. The molecule has 214 valence electrons. The van der Waals surface area contributed by atoms with Crippen molar-refractivity contribution >= 4 is 23.4 Å². The fourth-order valence-electron chi connectivity index (χ4n) is 4.88. The smallest absolute Gasteiger partial charge is 0.417 e. The molecule has 2 saturated heterocycles. The number of piperidine rings is 1. The molecule has 1 aromatic heterocycles. The third kappa shape index (κ3) is 7.83. The van der Waals surface area contributed by atoms with Gasteiger partial charge in [0.2, 0.25) is 5.91 Å². The number of ether oxygens (including phenoxy) is 1. The molecule has 2 aliphatic heterocycles. The highest BCUT2D eigenvalue weighted by molar-refractivity contribution is 5.91. The van der Waals surface area contributed by atoms with Crippen molar-refractivity contribution in [3.8, 4) is 11.8 Å². The van der Waals surface area contributed by atoms with Crippen LogP contribution in [0.1, 0.15) is 24.0 Å². The maximum Gasteiger partial charge on any atom is 0.417 e. The molecular formula is C27H31F3N6O4. The van der Waals surface area contributed by atoms with Crippen LogP contribution in [0.4, 0.5) is 24.7 Å². The largest absolute Gasteiger partial charge is 0.491 e. The molecular weight excluding hydrogens is 529 g/mol. The summed E-state index contributed by atoms with van der Waals surface area (Å²) < 4.78 is 45.7. The molecule has 0 spiro atoms. The highest BCUT2D eigenvalue weighted by atomic mass is 19.4. The van der Waals surface area contributed by atoms with Gasteiger partial charge in [-0.2, -0.15) is 18.4 Å². The minimum absolute atomic E-state index is 0.0583. The standard InChI is InChI=1S/C27H31F3N6O4/c28-27(29,30)23-15-21(2-1-20(23)16-31)36-7-5-19(6-8-36)26(39)33-24-4-3-22(17-32-24)40-14-13-34-9-11-35(12-10-34)18-25(37)38/h1-4,15,17,19H,5-14,18H2,(H,37,38)(H,32,33,39). The van der Waals surface area contributed by atoms with E-state index in [9.17, 15) is 22.8 Å². The van der Waals surface area contributed by atoms with Crippen molar-refractivity contribution in [3.05, 3.63) is 47.7 Å². The Hall–Kier alpha value is -3.89. The Labute approximate surface area is 229 Å². The second kappa shape index (κ2) is 13.0. The first-order valence-corrected chi connectivity index (χ1v) is 13.0. The number of carbonyl (C=O) groups is 2. The molecule has 0 aliphatic carbocycles. The lowest BCUT2D eigenvalue weighted by atomic mass is 9.95. The van der Waals surface area contributed by atoms with Gasteiger partial charge in [-0.15, -0.1) is 0 Å². The number of aliphatic carboxylic acids is 1. The van der Waals surface area contributed by atoms with Crippen molar-refractivity contribution in [3.63, 3.8) is 0 Å². The lowest BCUT2D eigenvalue weighted by molar-refractivity contribution is -0.139. The number of carboxylic acid groups (broad SMARTS) is 1. The Kier molecular flexibility index (Phi) is 9.44. The number of aromatic nitrogens is 1. The Morgan fingerprint density at radius 3 is 2.38 bits per heavy atom. The van der Waals surface area contributed by atoms with Gasteiger partial charge in [0.25, 0.3) is 0 Å². The Morgan fingerprint density at radius 2 is 1.77 bits per heavy atom. The minimum Gasteiger partial charge on any atom is -0.491 e. The van der Waals surface area contributed by atoms with Crippen LogP contribution in [-0.4, -0.2) is 90.7 Å². The molecule has 2 N–H and O–H groups in total. The van der Waals surface area contributed by atoms with Crippen molar-refractivity contribution in [1.82, 2.24) is 14.8 Å². The molecule has 10 nitrogen and oxygen atoms in total. The number of nitriles is 1. The van der Waals surface area contributed by atoms with E-state index in [2.05, 4.69) is 15.2 Å². The molecule has 0 saturated carbocycles. The van der Waals surface area contributed by atoms with Gasteiger partial charge in [0.05, 0.1) is 29.9 Å². The Balaban J connectivity index is 1.19. The topological polar surface area (TPSA) is 122 Å². The van der Waals surface area contributed by atoms with Gasteiger partial charge in [0.15, 0.2) is 0 Å². The zero-order valence-corrected chi connectivity index (χ0v) is 21.9. The van der Waals surface area contributed by atoms with Crippen LogP contribution in [0, 0.1) is 17.2 Å². The average molecular weight is 561 g/mol. The molecule has 0 bridgehead atoms. The molecule has 40 heavy (non-hydrogen) atoms. The van der Waals surface area contributed by atoms with Crippen LogP contribution in [0.3, 0.4) is 0 Å². The number of nitrogens with zero attached hydrogens (tertiary/aromatic N) is 5. The fourth-order valence-corrected chi connectivity index (χ4v) is 4.88. The maximum atomic E-state index is 13.3. The van der Waals surface area contributed by atoms with Gasteiger partial charge in [-0.1, -0.05) is 0 Å². The summed E-state index contributed by atoms with van der Waals surface area (Å²) in [7, 11) is 0. The quantitative estimate of drug-likeness (QED) is 0.477. The molecule has 0 unspecified atom stereocenters. The third-order valence-corrected chi connectivity index (χ3v) is 7.15. The van der Waals surface area contributed by atoms with Crippen LogP contribution >= 0.6 is 0 Å². The molecule has 3 heterocycles. The zero-order chi connectivity index (χ0) is 28.7. The first-order valence-electron chi connectivity index (χ1n) is 13.0. The number of hydrogen-bond donors (Lipinski definition) is 2. The molecule has 2 aromatic rings. The first-order chi connectivity index (χ1) is 19.1. The van der Waals surface area contributed by atoms with E-state index >= 15 is 0 Å². The number of piperazine rings is 1. The number of nitrogens with one attached hydrogen (secondary N) is 1. The van der Waals surface area contributed by atoms with Gasteiger partial charge >= 0.3 is 12.1 Å².